The molecule has 0 saturated carbocycles. The molecular formula is C8H16O. The SMILES string of the molecule is CC[C@H]1CC[C@H](CC)O1. The van der Waals surface area contributed by atoms with Crippen molar-refractivity contribution in [2.24, 2.45) is 0 Å². The van der Waals surface area contributed by atoms with Gasteiger partial charge in [0.2, 0.25) is 0 Å². The molecule has 1 saturated heterocycles. The van der Waals surface area contributed by atoms with Crippen LogP contribution in [0.4, 0.5) is 0 Å². The van der Waals surface area contributed by atoms with Crippen LogP contribution in [0.5, 0.6) is 0 Å². The first-order chi connectivity index (χ1) is 4.36. The minimum absolute atomic E-state index is 0.579. The van der Waals surface area contributed by atoms with Crippen LogP contribution in [-0.2, 0) is 4.74 Å². The average molecular weight is 128 g/mol. The molecule has 0 bridgehead atoms. The van der Waals surface area contributed by atoms with Crippen LogP contribution in [0, 0.1) is 0 Å². The van der Waals surface area contributed by atoms with Crippen LogP contribution in [0.2, 0.25) is 0 Å². The number of hydrogen-bond donors (Lipinski definition) is 0. The minimum atomic E-state index is 0.579. The van der Waals surface area contributed by atoms with Crippen molar-refractivity contribution >= 4 is 0 Å². The molecule has 0 unspecified atom stereocenters. The Morgan fingerprint density at radius 3 is 1.78 bits per heavy atom. The third-order valence-corrected chi connectivity index (χ3v) is 2.11. The van der Waals surface area contributed by atoms with Crippen molar-refractivity contribution in [2.75, 3.05) is 0 Å². The zero-order valence-corrected chi connectivity index (χ0v) is 6.39. The Labute approximate surface area is 57.4 Å². The summed E-state index contributed by atoms with van der Waals surface area (Å²) >= 11 is 0. The number of hydrogen-bond acceptors (Lipinski definition) is 1. The van der Waals surface area contributed by atoms with Gasteiger partial charge in [-0.3, -0.25) is 0 Å². The second-order valence-electron chi connectivity index (χ2n) is 2.77. The van der Waals surface area contributed by atoms with Crippen molar-refractivity contribution in [3.05, 3.63) is 0 Å². The molecule has 2 atom stereocenters. The Morgan fingerprint density at radius 2 is 1.56 bits per heavy atom. The molecule has 9 heavy (non-hydrogen) atoms. The summed E-state index contributed by atoms with van der Waals surface area (Å²) < 4.78 is 5.66. The van der Waals surface area contributed by atoms with Crippen molar-refractivity contribution in [1.29, 1.82) is 0 Å². The molecule has 0 aromatic rings. The van der Waals surface area contributed by atoms with Gasteiger partial charge in [-0.05, 0) is 25.7 Å². The molecule has 0 aromatic carbocycles. The van der Waals surface area contributed by atoms with E-state index in [0.717, 1.165) is 0 Å². The molecule has 1 aliphatic heterocycles. The van der Waals surface area contributed by atoms with Crippen molar-refractivity contribution in [1.82, 2.24) is 0 Å². The predicted molar refractivity (Wildman–Crippen MR) is 38.5 cm³/mol. The van der Waals surface area contributed by atoms with Gasteiger partial charge < -0.3 is 4.74 Å². The fourth-order valence-corrected chi connectivity index (χ4v) is 1.38. The molecule has 1 rings (SSSR count). The lowest BCUT2D eigenvalue weighted by atomic mass is 10.1. The first-order valence-corrected chi connectivity index (χ1v) is 4.02. The van der Waals surface area contributed by atoms with E-state index in [4.69, 9.17) is 4.74 Å². The fourth-order valence-electron chi connectivity index (χ4n) is 1.38. The fraction of sp³-hybridized carbons (Fsp3) is 1.00. The van der Waals surface area contributed by atoms with Crippen LogP contribution >= 0.6 is 0 Å². The van der Waals surface area contributed by atoms with Gasteiger partial charge in [0.05, 0.1) is 12.2 Å². The summed E-state index contributed by atoms with van der Waals surface area (Å²) in [5.41, 5.74) is 0. The van der Waals surface area contributed by atoms with E-state index in [1.54, 1.807) is 0 Å². The van der Waals surface area contributed by atoms with Crippen molar-refractivity contribution in [3.63, 3.8) is 0 Å². The molecule has 0 aliphatic carbocycles. The highest BCUT2D eigenvalue weighted by molar-refractivity contribution is 4.70. The Kier molecular flexibility index (Phi) is 2.52. The molecule has 0 N–H and O–H groups in total. The summed E-state index contributed by atoms with van der Waals surface area (Å²) in [5, 5.41) is 0. The zero-order valence-electron chi connectivity index (χ0n) is 6.39. The maximum atomic E-state index is 5.66. The van der Waals surface area contributed by atoms with E-state index in [1.165, 1.54) is 25.7 Å². The summed E-state index contributed by atoms with van der Waals surface area (Å²) in [6, 6.07) is 0. The molecule has 1 heteroatoms. The van der Waals surface area contributed by atoms with E-state index < -0.39 is 0 Å². The third kappa shape index (κ3) is 1.68. The largest absolute Gasteiger partial charge is 0.375 e. The van der Waals surface area contributed by atoms with E-state index in [2.05, 4.69) is 13.8 Å². The number of rotatable bonds is 2. The molecule has 54 valence electrons. The standard InChI is InChI=1S/C8H16O/c1-3-7-5-6-8(4-2)9-7/h7-8H,3-6H2,1-2H3/t7-,8-/m0/s1. The lowest BCUT2D eigenvalue weighted by Crippen LogP contribution is -2.08. The van der Waals surface area contributed by atoms with E-state index in [0.29, 0.717) is 12.2 Å². The highest BCUT2D eigenvalue weighted by atomic mass is 16.5. The summed E-state index contributed by atoms with van der Waals surface area (Å²) in [6.45, 7) is 4.39. The quantitative estimate of drug-likeness (QED) is 0.554. The maximum Gasteiger partial charge on any atom is 0.0577 e. The highest BCUT2D eigenvalue weighted by Crippen LogP contribution is 2.23. The molecule has 1 heterocycles. The average Bonchev–Trinajstić information content (AvgIpc) is 2.34. The minimum Gasteiger partial charge on any atom is -0.375 e. The first kappa shape index (κ1) is 7.07. The molecule has 1 nitrogen and oxygen atoms in total. The summed E-state index contributed by atoms with van der Waals surface area (Å²) in [4.78, 5) is 0. The molecule has 0 radical (unpaired) electrons. The smallest absolute Gasteiger partial charge is 0.0577 e. The van der Waals surface area contributed by atoms with Crippen LogP contribution in [0.25, 0.3) is 0 Å². The topological polar surface area (TPSA) is 9.23 Å². The first-order valence-electron chi connectivity index (χ1n) is 4.02. The molecule has 0 amide bonds. The summed E-state index contributed by atoms with van der Waals surface area (Å²) in [5.74, 6) is 0. The predicted octanol–water partition coefficient (Wildman–Crippen LogP) is 2.35. The van der Waals surface area contributed by atoms with Gasteiger partial charge >= 0.3 is 0 Å². The van der Waals surface area contributed by atoms with E-state index in [9.17, 15) is 0 Å². The molecule has 1 aliphatic rings. The van der Waals surface area contributed by atoms with Crippen LogP contribution in [0.3, 0.4) is 0 Å². The Bertz CT molecular complexity index is 70.6. The van der Waals surface area contributed by atoms with Crippen molar-refractivity contribution in [3.8, 4) is 0 Å². The van der Waals surface area contributed by atoms with Gasteiger partial charge in [-0.2, -0.15) is 0 Å². The molecule has 0 spiro atoms. The Balaban J connectivity index is 2.20. The van der Waals surface area contributed by atoms with Crippen molar-refractivity contribution in [2.45, 2.75) is 51.7 Å². The van der Waals surface area contributed by atoms with Gasteiger partial charge in [0.25, 0.3) is 0 Å². The van der Waals surface area contributed by atoms with Crippen LogP contribution in [0.1, 0.15) is 39.5 Å². The second-order valence-corrected chi connectivity index (χ2v) is 2.77. The van der Waals surface area contributed by atoms with Crippen LogP contribution in [0.15, 0.2) is 0 Å². The Hall–Kier alpha value is -0.0400. The monoisotopic (exact) mass is 128 g/mol. The number of ether oxygens (including phenoxy) is 1. The zero-order chi connectivity index (χ0) is 6.69. The third-order valence-electron chi connectivity index (χ3n) is 2.11. The highest BCUT2D eigenvalue weighted by Gasteiger charge is 2.21. The van der Waals surface area contributed by atoms with Gasteiger partial charge in [0.1, 0.15) is 0 Å². The Morgan fingerprint density at radius 1 is 1.11 bits per heavy atom. The maximum absolute atomic E-state index is 5.66. The lowest BCUT2D eigenvalue weighted by molar-refractivity contribution is 0.0416. The lowest BCUT2D eigenvalue weighted by Gasteiger charge is -2.08. The van der Waals surface area contributed by atoms with E-state index in [1.807, 2.05) is 0 Å². The molecule has 0 aromatic heterocycles. The van der Waals surface area contributed by atoms with Gasteiger partial charge in [-0.15, -0.1) is 0 Å². The van der Waals surface area contributed by atoms with E-state index in [-0.39, 0.29) is 0 Å². The van der Waals surface area contributed by atoms with Gasteiger partial charge in [-0.1, -0.05) is 13.8 Å². The van der Waals surface area contributed by atoms with Crippen LogP contribution < -0.4 is 0 Å². The van der Waals surface area contributed by atoms with E-state index >= 15 is 0 Å². The van der Waals surface area contributed by atoms with Crippen LogP contribution in [-0.4, -0.2) is 12.2 Å². The summed E-state index contributed by atoms with van der Waals surface area (Å²) in [6.07, 6.45) is 6.11. The second kappa shape index (κ2) is 3.21. The normalized spacial score (nSPS) is 35.3. The molecule has 1 fully saturated rings. The van der Waals surface area contributed by atoms with Gasteiger partial charge in [-0.25, -0.2) is 0 Å². The van der Waals surface area contributed by atoms with Crippen molar-refractivity contribution < 1.29 is 4.74 Å². The summed E-state index contributed by atoms with van der Waals surface area (Å²) in [7, 11) is 0. The molecular weight excluding hydrogens is 112 g/mol. The van der Waals surface area contributed by atoms with Gasteiger partial charge in [0, 0.05) is 0 Å². The van der Waals surface area contributed by atoms with Gasteiger partial charge in [0.15, 0.2) is 0 Å².